The van der Waals surface area contributed by atoms with E-state index in [0.717, 1.165) is 23.3 Å². The van der Waals surface area contributed by atoms with Crippen LogP contribution < -0.4 is 4.72 Å². The minimum Gasteiger partial charge on any atom is -0.209 e. The highest BCUT2D eigenvalue weighted by Gasteiger charge is 2.19. The number of hydrogen-bond donors (Lipinski definition) is 1. The van der Waals surface area contributed by atoms with Gasteiger partial charge < -0.3 is 0 Å². The van der Waals surface area contributed by atoms with Crippen molar-refractivity contribution in [2.24, 2.45) is 5.92 Å². The highest BCUT2D eigenvalue weighted by atomic mass is 35.5. The molecule has 3 nitrogen and oxygen atoms in total. The molecule has 1 aromatic rings. The van der Waals surface area contributed by atoms with E-state index in [1.54, 1.807) is 13.0 Å². The number of alkyl halides is 1. The van der Waals surface area contributed by atoms with Gasteiger partial charge in [-0.15, -0.1) is 22.9 Å². The Morgan fingerprint density at radius 2 is 2.06 bits per heavy atom. The van der Waals surface area contributed by atoms with Gasteiger partial charge in [-0.2, -0.15) is 0 Å². The van der Waals surface area contributed by atoms with E-state index in [1.165, 1.54) is 0 Å². The molecule has 0 radical (unpaired) electrons. The van der Waals surface area contributed by atoms with Crippen LogP contribution in [-0.4, -0.2) is 20.3 Å². The van der Waals surface area contributed by atoms with Gasteiger partial charge in [-0.05, 0) is 30.9 Å². The van der Waals surface area contributed by atoms with Gasteiger partial charge in [0.05, 0.1) is 4.34 Å². The first kappa shape index (κ1) is 16.2. The third-order valence-corrected chi connectivity index (χ3v) is 6.11. The zero-order valence-corrected chi connectivity index (χ0v) is 13.7. The summed E-state index contributed by atoms with van der Waals surface area (Å²) in [7, 11) is -3.49. The van der Waals surface area contributed by atoms with Crippen LogP contribution in [0, 0.1) is 12.8 Å². The quantitative estimate of drug-likeness (QED) is 0.810. The Bertz CT molecular complexity index is 478. The average Bonchev–Trinajstić information content (AvgIpc) is 2.56. The summed E-state index contributed by atoms with van der Waals surface area (Å²) >= 11 is 13.0. The SMILES string of the molecule is Cc1cc(S(=O)(=O)NCC(Cl)CC(C)C)sc1Cl. The van der Waals surface area contributed by atoms with E-state index in [4.69, 9.17) is 23.2 Å². The summed E-state index contributed by atoms with van der Waals surface area (Å²) in [6.07, 6.45) is 0.772. The van der Waals surface area contributed by atoms with E-state index < -0.39 is 10.0 Å². The normalized spacial score (nSPS) is 14.1. The Morgan fingerprint density at radius 1 is 1.44 bits per heavy atom. The van der Waals surface area contributed by atoms with Crippen molar-refractivity contribution >= 4 is 44.6 Å². The van der Waals surface area contributed by atoms with Gasteiger partial charge in [-0.25, -0.2) is 13.1 Å². The second-order valence-corrected chi connectivity index (χ2v) is 8.87. The molecule has 104 valence electrons. The molecule has 1 rings (SSSR count). The van der Waals surface area contributed by atoms with E-state index in [-0.39, 0.29) is 16.1 Å². The second-order valence-electron chi connectivity index (χ2n) is 4.60. The third-order valence-electron chi connectivity index (χ3n) is 2.32. The summed E-state index contributed by atoms with van der Waals surface area (Å²) < 4.78 is 27.2. The van der Waals surface area contributed by atoms with Crippen LogP contribution in [0.3, 0.4) is 0 Å². The van der Waals surface area contributed by atoms with Crippen molar-refractivity contribution in [1.29, 1.82) is 0 Å². The Balaban J connectivity index is 2.66. The number of thiophene rings is 1. The van der Waals surface area contributed by atoms with Gasteiger partial charge in [0, 0.05) is 11.9 Å². The van der Waals surface area contributed by atoms with Crippen LogP contribution in [0.25, 0.3) is 0 Å². The fraction of sp³-hybridized carbons (Fsp3) is 0.636. The molecular formula is C11H17Cl2NO2S2. The van der Waals surface area contributed by atoms with Crippen LogP contribution in [0.5, 0.6) is 0 Å². The maximum atomic E-state index is 12.0. The van der Waals surface area contributed by atoms with E-state index in [9.17, 15) is 8.42 Å². The Kier molecular flexibility index (Phi) is 5.93. The number of aryl methyl sites for hydroxylation is 1. The van der Waals surface area contributed by atoms with Gasteiger partial charge in [0.1, 0.15) is 4.21 Å². The summed E-state index contributed by atoms with van der Waals surface area (Å²) in [5.74, 6) is 0.440. The Morgan fingerprint density at radius 3 is 2.50 bits per heavy atom. The largest absolute Gasteiger partial charge is 0.250 e. The van der Waals surface area contributed by atoms with E-state index in [2.05, 4.69) is 4.72 Å². The van der Waals surface area contributed by atoms with Crippen molar-refractivity contribution in [3.8, 4) is 0 Å². The van der Waals surface area contributed by atoms with Crippen molar-refractivity contribution < 1.29 is 8.42 Å². The van der Waals surface area contributed by atoms with Crippen LogP contribution >= 0.6 is 34.5 Å². The van der Waals surface area contributed by atoms with Gasteiger partial charge in [0.25, 0.3) is 0 Å². The summed E-state index contributed by atoms with van der Waals surface area (Å²) in [6.45, 7) is 6.11. The fourth-order valence-electron chi connectivity index (χ4n) is 1.43. The van der Waals surface area contributed by atoms with Crippen LogP contribution in [0.4, 0.5) is 0 Å². The molecular weight excluding hydrogens is 313 g/mol. The lowest BCUT2D eigenvalue weighted by Crippen LogP contribution is -2.30. The molecule has 0 amide bonds. The minimum absolute atomic E-state index is 0.198. The molecule has 1 aromatic heterocycles. The zero-order valence-electron chi connectivity index (χ0n) is 10.5. The van der Waals surface area contributed by atoms with Gasteiger partial charge in [0.15, 0.2) is 0 Å². The van der Waals surface area contributed by atoms with E-state index in [0.29, 0.717) is 10.3 Å². The van der Waals surface area contributed by atoms with Crippen molar-refractivity contribution in [1.82, 2.24) is 4.72 Å². The number of sulfonamides is 1. The fourth-order valence-corrected chi connectivity index (χ4v) is 4.79. The first-order valence-corrected chi connectivity index (χ1v) is 8.73. The molecule has 1 heterocycles. The van der Waals surface area contributed by atoms with E-state index >= 15 is 0 Å². The van der Waals surface area contributed by atoms with E-state index in [1.807, 2.05) is 13.8 Å². The molecule has 1 unspecified atom stereocenters. The van der Waals surface area contributed by atoms with Gasteiger partial charge in [-0.3, -0.25) is 0 Å². The zero-order chi connectivity index (χ0) is 13.9. The second kappa shape index (κ2) is 6.57. The lowest BCUT2D eigenvalue weighted by atomic mass is 10.1. The first-order valence-electron chi connectivity index (χ1n) is 5.62. The Hall–Kier alpha value is 0.190. The predicted octanol–water partition coefficient (Wildman–Crippen LogP) is 3.64. The maximum Gasteiger partial charge on any atom is 0.250 e. The molecule has 18 heavy (non-hydrogen) atoms. The van der Waals surface area contributed by atoms with Crippen LogP contribution in [-0.2, 0) is 10.0 Å². The van der Waals surface area contributed by atoms with Crippen molar-refractivity contribution in [2.75, 3.05) is 6.54 Å². The molecule has 7 heteroatoms. The molecule has 0 aromatic carbocycles. The van der Waals surface area contributed by atoms with Crippen molar-refractivity contribution in [2.45, 2.75) is 36.8 Å². The monoisotopic (exact) mass is 329 g/mol. The molecule has 0 fully saturated rings. The summed E-state index contributed by atoms with van der Waals surface area (Å²) in [5, 5.41) is -0.198. The smallest absolute Gasteiger partial charge is 0.209 e. The van der Waals surface area contributed by atoms with Crippen molar-refractivity contribution in [3.63, 3.8) is 0 Å². The number of hydrogen-bond acceptors (Lipinski definition) is 3. The van der Waals surface area contributed by atoms with Gasteiger partial charge in [0.2, 0.25) is 10.0 Å². The van der Waals surface area contributed by atoms with Gasteiger partial charge >= 0.3 is 0 Å². The molecule has 0 aliphatic carbocycles. The van der Waals surface area contributed by atoms with Crippen LogP contribution in [0.15, 0.2) is 10.3 Å². The van der Waals surface area contributed by atoms with Crippen LogP contribution in [0.2, 0.25) is 4.34 Å². The molecule has 1 N–H and O–H groups in total. The molecule has 0 saturated heterocycles. The summed E-state index contributed by atoms with van der Waals surface area (Å²) in [5.41, 5.74) is 0.770. The topological polar surface area (TPSA) is 46.2 Å². The highest BCUT2D eigenvalue weighted by molar-refractivity contribution is 7.91. The molecule has 0 aliphatic heterocycles. The number of halogens is 2. The average molecular weight is 330 g/mol. The summed E-state index contributed by atoms with van der Waals surface area (Å²) in [6, 6.07) is 1.57. The minimum atomic E-state index is -3.49. The van der Waals surface area contributed by atoms with Gasteiger partial charge in [-0.1, -0.05) is 25.4 Å². The highest BCUT2D eigenvalue weighted by Crippen LogP contribution is 2.29. The standard InChI is InChI=1S/C11H17Cl2NO2S2/c1-7(2)4-9(12)6-14-18(15,16)10-5-8(3)11(13)17-10/h5,7,9,14H,4,6H2,1-3H3. The molecule has 0 aliphatic rings. The molecule has 0 spiro atoms. The summed E-state index contributed by atoms with van der Waals surface area (Å²) in [4.78, 5) is 0. The lowest BCUT2D eigenvalue weighted by molar-refractivity contribution is 0.545. The van der Waals surface area contributed by atoms with Crippen molar-refractivity contribution in [3.05, 3.63) is 16.0 Å². The molecule has 0 saturated carbocycles. The third kappa shape index (κ3) is 4.70. The predicted molar refractivity (Wildman–Crippen MR) is 78.4 cm³/mol. The maximum absolute atomic E-state index is 12.0. The molecule has 1 atom stereocenters. The Labute approximate surface area is 123 Å². The first-order chi connectivity index (χ1) is 8.22. The number of nitrogens with one attached hydrogen (secondary N) is 1. The van der Waals surface area contributed by atoms with Crippen LogP contribution in [0.1, 0.15) is 25.8 Å². The lowest BCUT2D eigenvalue weighted by Gasteiger charge is -2.12. The molecule has 0 bridgehead atoms. The number of rotatable bonds is 6.